The van der Waals surface area contributed by atoms with Crippen LogP contribution in [0, 0.1) is 25.6 Å². The molecule has 2 N–H and O–H groups in total. The Morgan fingerprint density at radius 2 is 1.42 bits per heavy atom. The zero-order chi connectivity index (χ0) is 22.0. The van der Waals surface area contributed by atoms with E-state index in [1.165, 1.54) is 24.3 Å². The van der Waals surface area contributed by atoms with Gasteiger partial charge in [-0.25, -0.2) is 0 Å². The molecule has 0 saturated heterocycles. The molecule has 0 amide bonds. The molecule has 1 aliphatic carbocycles. The van der Waals surface area contributed by atoms with E-state index >= 15 is 0 Å². The van der Waals surface area contributed by atoms with Crippen LogP contribution >= 0.6 is 24.8 Å². The first-order valence-corrected chi connectivity index (χ1v) is 9.73. The molecular formula is C22H22Cl2N4O5. The summed E-state index contributed by atoms with van der Waals surface area (Å²) in [6, 6.07) is 14.1. The first-order chi connectivity index (χ1) is 14.9. The fourth-order valence-corrected chi connectivity index (χ4v) is 3.30. The Hall–Kier alpha value is -3.27. The maximum absolute atomic E-state index is 11.0. The monoisotopic (exact) mass is 492 g/mol. The largest absolute Gasteiger partial charge is 0.491 e. The Balaban J connectivity index is 0.00000193. The maximum atomic E-state index is 11.0. The highest BCUT2D eigenvalue weighted by Crippen LogP contribution is 2.45. The summed E-state index contributed by atoms with van der Waals surface area (Å²) in [5.41, 5.74) is 8.54. The van der Waals surface area contributed by atoms with Crippen molar-refractivity contribution < 1.29 is 14.6 Å². The number of pyridine rings is 1. The summed E-state index contributed by atoms with van der Waals surface area (Å²) in [6.45, 7) is 1.07. The fraction of sp³-hybridized carbons (Fsp3) is 0.227. The van der Waals surface area contributed by atoms with E-state index in [2.05, 4.69) is 4.98 Å². The van der Waals surface area contributed by atoms with Crippen molar-refractivity contribution >= 4 is 36.2 Å². The molecule has 4 rings (SSSR count). The van der Waals surface area contributed by atoms with Gasteiger partial charge in [-0.2, -0.15) is 0 Å². The number of hydrogen-bond donors (Lipinski definition) is 1. The SMILES string of the molecule is Cl.Cl.NCC1(COc2cnc(-c3ccc([N+](=O)[O-])cc3)c(-c3ccc([N+](=O)[O-])cc3)c2)CC1. The molecule has 1 fully saturated rings. The highest BCUT2D eigenvalue weighted by atomic mass is 35.5. The fourth-order valence-electron chi connectivity index (χ4n) is 3.30. The van der Waals surface area contributed by atoms with Crippen LogP contribution in [0.15, 0.2) is 60.8 Å². The zero-order valence-corrected chi connectivity index (χ0v) is 19.0. The number of rotatable bonds is 8. The molecule has 2 aromatic carbocycles. The van der Waals surface area contributed by atoms with Gasteiger partial charge in [0.1, 0.15) is 5.75 Å². The number of benzene rings is 2. The van der Waals surface area contributed by atoms with Gasteiger partial charge in [-0.05, 0) is 48.7 Å². The van der Waals surface area contributed by atoms with Gasteiger partial charge in [0, 0.05) is 47.4 Å². The third-order valence-electron chi connectivity index (χ3n) is 5.54. The number of nitrogens with two attached hydrogens (primary N) is 1. The van der Waals surface area contributed by atoms with Gasteiger partial charge < -0.3 is 10.5 Å². The summed E-state index contributed by atoms with van der Waals surface area (Å²) in [5.74, 6) is 0.568. The van der Waals surface area contributed by atoms with E-state index in [-0.39, 0.29) is 41.6 Å². The summed E-state index contributed by atoms with van der Waals surface area (Å²) in [4.78, 5) is 25.6. The van der Waals surface area contributed by atoms with Gasteiger partial charge in [-0.1, -0.05) is 0 Å². The molecule has 174 valence electrons. The molecule has 0 radical (unpaired) electrons. The molecule has 0 spiro atoms. The molecule has 33 heavy (non-hydrogen) atoms. The van der Waals surface area contributed by atoms with Gasteiger partial charge in [0.25, 0.3) is 11.4 Å². The van der Waals surface area contributed by atoms with E-state index in [4.69, 9.17) is 10.5 Å². The van der Waals surface area contributed by atoms with E-state index in [1.54, 1.807) is 30.5 Å². The second-order valence-corrected chi connectivity index (χ2v) is 7.67. The van der Waals surface area contributed by atoms with Crippen molar-refractivity contribution in [3.05, 3.63) is 81.0 Å². The van der Waals surface area contributed by atoms with Crippen LogP contribution in [0.3, 0.4) is 0 Å². The average Bonchev–Trinajstić information content (AvgIpc) is 3.58. The maximum Gasteiger partial charge on any atom is 0.269 e. The van der Waals surface area contributed by atoms with Crippen molar-refractivity contribution in [1.29, 1.82) is 0 Å². The smallest absolute Gasteiger partial charge is 0.269 e. The predicted molar refractivity (Wildman–Crippen MR) is 129 cm³/mol. The first kappa shape index (κ1) is 26.0. The van der Waals surface area contributed by atoms with E-state index in [0.717, 1.165) is 18.4 Å². The van der Waals surface area contributed by atoms with Crippen LogP contribution < -0.4 is 10.5 Å². The predicted octanol–water partition coefficient (Wildman–Crippen LogP) is 5.19. The lowest BCUT2D eigenvalue weighted by molar-refractivity contribution is -0.385. The number of non-ortho nitro benzene ring substituents is 2. The van der Waals surface area contributed by atoms with Gasteiger partial charge >= 0.3 is 0 Å². The minimum Gasteiger partial charge on any atom is -0.491 e. The molecule has 9 nitrogen and oxygen atoms in total. The highest BCUT2D eigenvalue weighted by Gasteiger charge is 2.42. The highest BCUT2D eigenvalue weighted by molar-refractivity contribution is 5.85. The average molecular weight is 493 g/mol. The molecule has 3 aromatic rings. The molecule has 1 aliphatic rings. The van der Waals surface area contributed by atoms with Crippen molar-refractivity contribution in [2.24, 2.45) is 11.1 Å². The molecule has 1 aromatic heterocycles. The van der Waals surface area contributed by atoms with Crippen LogP contribution in [0.5, 0.6) is 5.75 Å². The van der Waals surface area contributed by atoms with Crippen molar-refractivity contribution in [3.63, 3.8) is 0 Å². The number of ether oxygens (including phenoxy) is 1. The first-order valence-electron chi connectivity index (χ1n) is 9.73. The van der Waals surface area contributed by atoms with Crippen molar-refractivity contribution in [1.82, 2.24) is 4.98 Å². The summed E-state index contributed by atoms with van der Waals surface area (Å²) >= 11 is 0. The Morgan fingerprint density at radius 1 is 0.909 bits per heavy atom. The molecule has 0 atom stereocenters. The van der Waals surface area contributed by atoms with Gasteiger partial charge in [0.05, 0.1) is 28.3 Å². The number of nitro groups is 2. The van der Waals surface area contributed by atoms with Crippen LogP contribution in [-0.2, 0) is 0 Å². The Bertz CT molecular complexity index is 1140. The molecule has 0 aliphatic heterocycles. The standard InChI is InChI=1S/C22H20N4O5.2ClH/c23-13-22(9-10-22)14-31-19-11-20(15-1-5-17(6-2-15)25(27)28)21(24-12-19)16-3-7-18(8-4-16)26(29)30;;/h1-8,11-12H,9-10,13-14,23H2;2*1H. The second kappa shape index (κ2) is 10.6. The third-order valence-corrected chi connectivity index (χ3v) is 5.54. The van der Waals surface area contributed by atoms with E-state index in [1.807, 2.05) is 6.07 Å². The van der Waals surface area contributed by atoms with Gasteiger partial charge in [0.2, 0.25) is 0 Å². The number of hydrogen-bond acceptors (Lipinski definition) is 7. The summed E-state index contributed by atoms with van der Waals surface area (Å²) < 4.78 is 5.95. The molecule has 0 bridgehead atoms. The lowest BCUT2D eigenvalue weighted by Crippen LogP contribution is -2.22. The van der Waals surface area contributed by atoms with Crippen molar-refractivity contribution in [2.45, 2.75) is 12.8 Å². The summed E-state index contributed by atoms with van der Waals surface area (Å²) in [6.07, 6.45) is 3.68. The van der Waals surface area contributed by atoms with Crippen LogP contribution in [-0.4, -0.2) is 28.0 Å². The molecule has 1 heterocycles. The topological polar surface area (TPSA) is 134 Å². The number of aromatic nitrogens is 1. The molecule has 11 heteroatoms. The lowest BCUT2D eigenvalue weighted by atomic mass is 9.98. The van der Waals surface area contributed by atoms with E-state index < -0.39 is 9.85 Å². The number of halogens is 2. The summed E-state index contributed by atoms with van der Waals surface area (Å²) in [5, 5.41) is 22.0. The van der Waals surface area contributed by atoms with Crippen LogP contribution in [0.2, 0.25) is 0 Å². The molecule has 0 unspecified atom stereocenters. The van der Waals surface area contributed by atoms with Crippen molar-refractivity contribution in [2.75, 3.05) is 13.2 Å². The minimum absolute atomic E-state index is 0. The van der Waals surface area contributed by atoms with Gasteiger partial charge in [-0.15, -0.1) is 24.8 Å². The summed E-state index contributed by atoms with van der Waals surface area (Å²) in [7, 11) is 0. The quantitative estimate of drug-likeness (QED) is 0.337. The van der Waals surface area contributed by atoms with Crippen LogP contribution in [0.4, 0.5) is 11.4 Å². The molecular weight excluding hydrogens is 471 g/mol. The molecule has 1 saturated carbocycles. The Morgan fingerprint density at radius 3 is 1.88 bits per heavy atom. The van der Waals surface area contributed by atoms with Crippen LogP contribution in [0.25, 0.3) is 22.4 Å². The number of nitro benzene ring substituents is 2. The van der Waals surface area contributed by atoms with E-state index in [9.17, 15) is 20.2 Å². The zero-order valence-electron chi connectivity index (χ0n) is 17.4. The number of nitrogens with zero attached hydrogens (tertiary/aromatic N) is 3. The normalized spacial score (nSPS) is 13.2. The Kier molecular flexibility index (Phi) is 8.32. The third kappa shape index (κ3) is 5.75. The van der Waals surface area contributed by atoms with Gasteiger partial charge in [-0.3, -0.25) is 25.2 Å². The van der Waals surface area contributed by atoms with Crippen LogP contribution in [0.1, 0.15) is 12.8 Å². The minimum atomic E-state index is -0.462. The van der Waals surface area contributed by atoms with Crippen molar-refractivity contribution in [3.8, 4) is 28.1 Å². The van der Waals surface area contributed by atoms with Gasteiger partial charge in [0.15, 0.2) is 0 Å². The van der Waals surface area contributed by atoms with E-state index in [0.29, 0.717) is 35.7 Å². The lowest BCUT2D eigenvalue weighted by Gasteiger charge is -2.16. The second-order valence-electron chi connectivity index (χ2n) is 7.67. The Labute approximate surface area is 202 Å².